The number of rotatable bonds is 18. The van der Waals surface area contributed by atoms with Crippen molar-refractivity contribution in [2.45, 2.75) is 89.4 Å². The number of aryl methyl sites for hydroxylation is 4. The Morgan fingerprint density at radius 1 is 0.581 bits per heavy atom. The number of esters is 2. The Morgan fingerprint density at radius 3 is 1.29 bits per heavy atom. The van der Waals surface area contributed by atoms with Crippen LogP contribution in [0.4, 0.5) is 11.4 Å². The summed E-state index contributed by atoms with van der Waals surface area (Å²) < 4.78 is 10.5. The summed E-state index contributed by atoms with van der Waals surface area (Å²) in [5, 5.41) is 25.1. The normalized spacial score (nSPS) is 16.9. The minimum atomic E-state index is -1.09. The first-order chi connectivity index (χ1) is 30.0. The highest BCUT2D eigenvalue weighted by Crippen LogP contribution is 2.29. The van der Waals surface area contributed by atoms with E-state index in [0.29, 0.717) is 62.7 Å². The molecule has 0 saturated heterocycles. The van der Waals surface area contributed by atoms with E-state index in [1.165, 1.54) is 9.80 Å². The van der Waals surface area contributed by atoms with Crippen molar-refractivity contribution in [2.24, 2.45) is 0 Å². The van der Waals surface area contributed by atoms with Crippen molar-refractivity contribution in [2.75, 3.05) is 36.1 Å². The molecule has 4 atom stereocenters. The van der Waals surface area contributed by atoms with Gasteiger partial charge in [-0.25, -0.2) is 0 Å². The van der Waals surface area contributed by atoms with Crippen LogP contribution in [0.25, 0.3) is 0 Å². The fraction of sp³-hybridized carbons (Fsp3) is 0.375. The fourth-order valence-corrected chi connectivity index (χ4v) is 7.76. The molecule has 0 radical (unpaired) electrons. The van der Waals surface area contributed by atoms with Gasteiger partial charge >= 0.3 is 23.9 Å². The van der Waals surface area contributed by atoms with E-state index in [1.807, 2.05) is 84.9 Å². The Hall–Kier alpha value is -6.38. The highest BCUT2D eigenvalue weighted by atomic mass is 16.5. The fourth-order valence-electron chi connectivity index (χ4n) is 7.76. The van der Waals surface area contributed by atoms with E-state index in [2.05, 4.69) is 10.6 Å². The van der Waals surface area contributed by atoms with Crippen LogP contribution in [-0.4, -0.2) is 96.4 Å². The summed E-state index contributed by atoms with van der Waals surface area (Å²) in [5.41, 5.74) is 5.22. The summed E-state index contributed by atoms with van der Waals surface area (Å²) in [7, 11) is 0. The molecule has 328 valence electrons. The predicted molar refractivity (Wildman–Crippen MR) is 234 cm³/mol. The van der Waals surface area contributed by atoms with E-state index in [-0.39, 0.29) is 25.0 Å². The van der Waals surface area contributed by atoms with Crippen LogP contribution >= 0.6 is 0 Å². The monoisotopic (exact) mass is 848 g/mol. The van der Waals surface area contributed by atoms with Gasteiger partial charge in [-0.2, -0.15) is 0 Å². The maximum absolute atomic E-state index is 13.3. The standard InChI is InChI=1S/2C24H28N2O5/c2*1-2-31-24(30)20(14-12-17-8-4-3-5-9-17)25-19-15-13-18-10-6-7-11-21(18)26(23(19)29)16-22(27)28/h2*3-11,19-20,25H,2,12-16H2,1H3,(H,27,28)/t2*19-,20-/m00/s1. The molecule has 2 aliphatic heterocycles. The van der Waals surface area contributed by atoms with Crippen molar-refractivity contribution in [1.29, 1.82) is 0 Å². The SMILES string of the molecule is CCOC(=O)[C@H](CCc1ccccc1)N[C@H]1CCc2ccccc2N(CC(=O)O)C1=O.CCOC(=O)[C@H](CCc1ccccc1)N[C@H]1CCc2ccccc2N(CC(=O)O)C1=O. The lowest BCUT2D eigenvalue weighted by Gasteiger charge is -2.27. The topological polar surface area (TPSA) is 192 Å². The van der Waals surface area contributed by atoms with Crippen LogP contribution in [0.15, 0.2) is 109 Å². The third-order valence-electron chi connectivity index (χ3n) is 10.8. The molecule has 0 unspecified atom stereocenters. The number of benzene rings is 4. The number of ether oxygens (including phenoxy) is 2. The van der Waals surface area contributed by atoms with Gasteiger partial charge in [0.05, 0.1) is 25.3 Å². The average Bonchev–Trinajstić information content (AvgIpc) is 3.48. The third kappa shape index (κ3) is 13.3. The molecule has 0 aromatic heterocycles. The van der Waals surface area contributed by atoms with Gasteiger partial charge in [-0.05, 0) is 99.6 Å². The van der Waals surface area contributed by atoms with Crippen LogP contribution in [0.5, 0.6) is 0 Å². The van der Waals surface area contributed by atoms with E-state index >= 15 is 0 Å². The second kappa shape index (κ2) is 23.6. The molecule has 6 rings (SSSR count). The van der Waals surface area contributed by atoms with Gasteiger partial charge in [0.1, 0.15) is 25.2 Å². The lowest BCUT2D eigenvalue weighted by molar-refractivity contribution is -0.147. The zero-order valence-corrected chi connectivity index (χ0v) is 35.2. The van der Waals surface area contributed by atoms with E-state index in [9.17, 15) is 39.0 Å². The van der Waals surface area contributed by atoms with E-state index in [4.69, 9.17) is 9.47 Å². The van der Waals surface area contributed by atoms with Gasteiger partial charge in [0.2, 0.25) is 11.8 Å². The number of nitrogens with zero attached hydrogens (tertiary/aromatic N) is 2. The smallest absolute Gasteiger partial charge is 0.323 e. The number of amides is 2. The summed E-state index contributed by atoms with van der Waals surface area (Å²) in [5.74, 6) is -3.68. The predicted octanol–water partition coefficient (Wildman–Crippen LogP) is 5.15. The Labute approximate surface area is 362 Å². The average molecular weight is 849 g/mol. The van der Waals surface area contributed by atoms with Crippen LogP contribution in [0.3, 0.4) is 0 Å². The molecule has 0 aliphatic carbocycles. The number of hydrogen-bond donors (Lipinski definition) is 4. The molecule has 14 nitrogen and oxygen atoms in total. The number of anilines is 2. The number of hydrogen-bond acceptors (Lipinski definition) is 10. The van der Waals surface area contributed by atoms with Crippen molar-refractivity contribution < 1.29 is 48.5 Å². The summed E-state index contributed by atoms with van der Waals surface area (Å²) in [4.78, 5) is 77.2. The van der Waals surface area contributed by atoms with Gasteiger partial charge in [-0.3, -0.25) is 49.2 Å². The molecule has 14 heteroatoms. The summed E-state index contributed by atoms with van der Waals surface area (Å²) in [6.45, 7) is 3.13. The minimum absolute atomic E-state index is 0.248. The Bertz CT molecular complexity index is 1980. The number of nitrogens with one attached hydrogen (secondary N) is 2. The van der Waals surface area contributed by atoms with Gasteiger partial charge in [0.25, 0.3) is 0 Å². The van der Waals surface area contributed by atoms with Gasteiger partial charge in [-0.1, -0.05) is 97.1 Å². The lowest BCUT2D eigenvalue weighted by atomic mass is 10.0. The maximum Gasteiger partial charge on any atom is 0.323 e. The van der Waals surface area contributed by atoms with Crippen LogP contribution in [0, 0.1) is 0 Å². The molecule has 0 spiro atoms. The number of carbonyl (C=O) groups excluding carboxylic acids is 4. The van der Waals surface area contributed by atoms with Gasteiger partial charge in [0, 0.05) is 11.4 Å². The highest BCUT2D eigenvalue weighted by Gasteiger charge is 2.36. The molecular weight excluding hydrogens is 793 g/mol. The first kappa shape index (κ1) is 46.7. The first-order valence-corrected chi connectivity index (χ1v) is 21.1. The van der Waals surface area contributed by atoms with Crippen LogP contribution in [0.1, 0.15) is 61.8 Å². The van der Waals surface area contributed by atoms with Gasteiger partial charge in [-0.15, -0.1) is 0 Å². The molecule has 4 N–H and O–H groups in total. The van der Waals surface area contributed by atoms with Crippen molar-refractivity contribution in [3.63, 3.8) is 0 Å². The third-order valence-corrected chi connectivity index (χ3v) is 10.8. The zero-order chi connectivity index (χ0) is 44.4. The molecule has 4 aromatic carbocycles. The molecule has 2 heterocycles. The number of carboxylic acids is 2. The molecular formula is C48H56N4O10. The quantitative estimate of drug-likeness (QED) is 0.0966. The van der Waals surface area contributed by atoms with Gasteiger partial charge in [0.15, 0.2) is 0 Å². The Morgan fingerprint density at radius 2 is 0.935 bits per heavy atom. The Kier molecular flexibility index (Phi) is 17.7. The molecule has 2 aliphatic rings. The summed E-state index contributed by atoms with van der Waals surface area (Å²) in [6.07, 6.45) is 4.37. The van der Waals surface area contributed by atoms with E-state index in [1.54, 1.807) is 38.1 Å². The molecule has 62 heavy (non-hydrogen) atoms. The van der Waals surface area contributed by atoms with Crippen molar-refractivity contribution >= 4 is 47.1 Å². The second-order valence-electron chi connectivity index (χ2n) is 15.1. The van der Waals surface area contributed by atoms with Crippen LogP contribution < -0.4 is 20.4 Å². The minimum Gasteiger partial charge on any atom is -0.480 e. The summed E-state index contributed by atoms with van der Waals surface area (Å²) in [6, 6.07) is 31.5. The zero-order valence-electron chi connectivity index (χ0n) is 35.2. The maximum atomic E-state index is 13.3. The van der Waals surface area contributed by atoms with Crippen LogP contribution in [0.2, 0.25) is 0 Å². The number of carbonyl (C=O) groups is 6. The lowest BCUT2D eigenvalue weighted by Crippen LogP contribution is -2.53. The second-order valence-corrected chi connectivity index (χ2v) is 15.1. The molecule has 2 amide bonds. The van der Waals surface area contributed by atoms with E-state index < -0.39 is 61.1 Å². The molecule has 0 saturated carbocycles. The Balaban J connectivity index is 0.000000234. The number of aliphatic carboxylic acids is 2. The largest absolute Gasteiger partial charge is 0.480 e. The number of para-hydroxylation sites is 2. The van der Waals surface area contributed by atoms with Crippen molar-refractivity contribution in [1.82, 2.24) is 10.6 Å². The van der Waals surface area contributed by atoms with Crippen molar-refractivity contribution in [3.8, 4) is 0 Å². The molecule has 0 fully saturated rings. The van der Waals surface area contributed by atoms with Crippen LogP contribution in [-0.2, 0) is 63.9 Å². The summed E-state index contributed by atoms with van der Waals surface area (Å²) >= 11 is 0. The number of fused-ring (bicyclic) bond motifs is 2. The first-order valence-electron chi connectivity index (χ1n) is 21.1. The highest BCUT2D eigenvalue weighted by molar-refractivity contribution is 6.03. The molecule has 0 bridgehead atoms. The van der Waals surface area contributed by atoms with E-state index in [0.717, 1.165) is 22.3 Å². The van der Waals surface area contributed by atoms with Crippen molar-refractivity contribution in [3.05, 3.63) is 131 Å². The number of carboxylic acid groups (broad SMARTS) is 2. The van der Waals surface area contributed by atoms with Gasteiger partial charge < -0.3 is 19.7 Å². The molecule has 4 aromatic rings.